The molecule has 0 bridgehead atoms. The number of nitrogens with two attached hydrogens (primary N) is 1. The van der Waals surface area contributed by atoms with Gasteiger partial charge in [0.1, 0.15) is 0 Å². The van der Waals surface area contributed by atoms with Crippen molar-refractivity contribution in [3.8, 4) is 0 Å². The van der Waals surface area contributed by atoms with Gasteiger partial charge in [0, 0.05) is 19.3 Å². The highest BCUT2D eigenvalue weighted by Crippen LogP contribution is 2.30. The van der Waals surface area contributed by atoms with E-state index < -0.39 is 0 Å². The second kappa shape index (κ2) is 5.74. The fourth-order valence-corrected chi connectivity index (χ4v) is 2.21. The Hall–Kier alpha value is -1.73. The number of anilines is 1. The quantitative estimate of drug-likeness (QED) is 0.600. The van der Waals surface area contributed by atoms with Crippen LogP contribution in [0, 0.1) is 0 Å². The molecule has 1 aromatic heterocycles. The smallest absolute Gasteiger partial charge is 0.223 e. The lowest BCUT2D eigenvalue weighted by molar-refractivity contribution is -0.119. The lowest BCUT2D eigenvalue weighted by Crippen LogP contribution is -2.14. The van der Waals surface area contributed by atoms with Crippen LogP contribution in [0.1, 0.15) is 12.1 Å². The number of rotatable bonds is 4. The topological polar surface area (TPSA) is 98.0 Å². The van der Waals surface area contributed by atoms with E-state index in [0.29, 0.717) is 29.6 Å². The number of hydrogen-bond acceptors (Lipinski definition) is 7. The Kier molecular flexibility index (Phi) is 4.06. The van der Waals surface area contributed by atoms with Gasteiger partial charge in [0.05, 0.1) is 17.0 Å². The summed E-state index contributed by atoms with van der Waals surface area (Å²) >= 11 is 0.964. The zero-order valence-corrected chi connectivity index (χ0v) is 10.4. The first-order valence-electron chi connectivity index (χ1n) is 5.41. The number of nitrogens with one attached hydrogen (secondary N) is 1. The molecule has 1 aliphatic heterocycles. The summed E-state index contributed by atoms with van der Waals surface area (Å²) in [6.07, 6.45) is 3.16. The van der Waals surface area contributed by atoms with Gasteiger partial charge in [-0.15, -0.1) is 0 Å². The van der Waals surface area contributed by atoms with Gasteiger partial charge in [-0.1, -0.05) is 0 Å². The first-order chi connectivity index (χ1) is 8.69. The average Bonchev–Trinajstić information content (AvgIpc) is 2.66. The van der Waals surface area contributed by atoms with Gasteiger partial charge >= 0.3 is 0 Å². The molecule has 94 valence electrons. The number of carbonyl (C=O) groups excluding carboxylic acids is 2. The highest BCUT2D eigenvalue weighted by atomic mass is 32.2. The second-order valence-corrected chi connectivity index (χ2v) is 4.70. The Bertz CT molecular complexity index is 516. The molecule has 0 saturated carbocycles. The summed E-state index contributed by atoms with van der Waals surface area (Å²) in [5.74, 6) is 0.302. The number of allylic oxidation sites excluding steroid dienone is 1. The Morgan fingerprint density at radius 2 is 2.33 bits per heavy atom. The van der Waals surface area contributed by atoms with Gasteiger partial charge in [0.25, 0.3) is 0 Å². The van der Waals surface area contributed by atoms with Crippen LogP contribution in [0.25, 0.3) is 6.08 Å². The number of Topliss-reactive ketones (excluding diaryl/α,β-unsaturated/α-hetero) is 1. The molecule has 1 saturated heterocycles. The molecule has 0 aromatic carbocycles. The van der Waals surface area contributed by atoms with Crippen molar-refractivity contribution >= 4 is 34.7 Å². The van der Waals surface area contributed by atoms with Crippen molar-refractivity contribution in [3.63, 3.8) is 0 Å². The standard InChI is InChI=1S/C11H12N4O2S/c12-2-4-14-11-13-3-1-7(15-11)5-9-8(16)6-10(17)18-9/h1,3,5H,2,4,6,12H2,(H,13,14,15)/b9-5-. The molecule has 0 atom stereocenters. The van der Waals surface area contributed by atoms with Gasteiger partial charge in [-0.3, -0.25) is 9.59 Å². The van der Waals surface area contributed by atoms with E-state index in [4.69, 9.17) is 5.73 Å². The number of nitrogens with zero attached hydrogens (tertiary/aromatic N) is 2. The molecule has 0 amide bonds. The van der Waals surface area contributed by atoms with E-state index in [-0.39, 0.29) is 17.3 Å². The second-order valence-electron chi connectivity index (χ2n) is 3.60. The van der Waals surface area contributed by atoms with Crippen LogP contribution < -0.4 is 11.1 Å². The van der Waals surface area contributed by atoms with Crippen molar-refractivity contribution < 1.29 is 9.59 Å². The van der Waals surface area contributed by atoms with Crippen LogP contribution in [0.2, 0.25) is 0 Å². The Morgan fingerprint density at radius 3 is 3.00 bits per heavy atom. The summed E-state index contributed by atoms with van der Waals surface area (Å²) in [5, 5.41) is 2.82. The van der Waals surface area contributed by atoms with Crippen molar-refractivity contribution in [1.29, 1.82) is 0 Å². The molecule has 2 heterocycles. The molecule has 0 unspecified atom stereocenters. The van der Waals surface area contributed by atoms with Crippen molar-refractivity contribution in [2.45, 2.75) is 6.42 Å². The predicted octanol–water partition coefficient (Wildman–Crippen LogP) is 0.421. The SMILES string of the molecule is NCCNc1nccc(/C=C2\SC(=O)CC2=O)n1. The van der Waals surface area contributed by atoms with Crippen LogP contribution in [0.4, 0.5) is 5.95 Å². The lowest BCUT2D eigenvalue weighted by Gasteiger charge is -2.02. The number of ketones is 1. The molecule has 7 heteroatoms. The van der Waals surface area contributed by atoms with Crippen molar-refractivity contribution in [3.05, 3.63) is 22.9 Å². The molecule has 0 aliphatic carbocycles. The van der Waals surface area contributed by atoms with Crippen LogP contribution >= 0.6 is 11.8 Å². The first-order valence-corrected chi connectivity index (χ1v) is 6.23. The van der Waals surface area contributed by atoms with Gasteiger partial charge in [-0.05, 0) is 23.9 Å². The zero-order chi connectivity index (χ0) is 13.0. The van der Waals surface area contributed by atoms with Crippen LogP contribution in [-0.2, 0) is 9.59 Å². The molecular formula is C11H12N4O2S. The maximum absolute atomic E-state index is 11.5. The molecule has 0 spiro atoms. The number of carbonyl (C=O) groups is 2. The summed E-state index contributed by atoms with van der Waals surface area (Å²) in [6.45, 7) is 1.06. The van der Waals surface area contributed by atoms with Gasteiger partial charge < -0.3 is 11.1 Å². The molecule has 3 N–H and O–H groups in total. The van der Waals surface area contributed by atoms with Gasteiger partial charge in [0.2, 0.25) is 11.1 Å². The normalized spacial score (nSPS) is 17.5. The third kappa shape index (κ3) is 3.14. The highest BCUT2D eigenvalue weighted by Gasteiger charge is 2.25. The van der Waals surface area contributed by atoms with E-state index in [0.717, 1.165) is 11.8 Å². The molecule has 0 radical (unpaired) electrons. The lowest BCUT2D eigenvalue weighted by atomic mass is 10.2. The fraction of sp³-hybridized carbons (Fsp3) is 0.273. The van der Waals surface area contributed by atoms with E-state index in [2.05, 4.69) is 15.3 Å². The Morgan fingerprint density at radius 1 is 1.50 bits per heavy atom. The minimum absolute atomic E-state index is 0.0279. The Labute approximate surface area is 108 Å². The fourth-order valence-electron chi connectivity index (χ4n) is 1.40. The molecule has 2 rings (SSSR count). The maximum atomic E-state index is 11.5. The predicted molar refractivity (Wildman–Crippen MR) is 69.8 cm³/mol. The number of aromatic nitrogens is 2. The largest absolute Gasteiger partial charge is 0.353 e. The third-order valence-corrected chi connectivity index (χ3v) is 3.12. The summed E-state index contributed by atoms with van der Waals surface area (Å²) < 4.78 is 0. The van der Waals surface area contributed by atoms with E-state index in [1.54, 1.807) is 18.3 Å². The van der Waals surface area contributed by atoms with Crippen LogP contribution in [0.15, 0.2) is 17.2 Å². The minimum atomic E-state index is -0.153. The molecule has 18 heavy (non-hydrogen) atoms. The van der Waals surface area contributed by atoms with E-state index in [9.17, 15) is 9.59 Å². The minimum Gasteiger partial charge on any atom is -0.353 e. The summed E-state index contributed by atoms with van der Waals surface area (Å²) in [5.41, 5.74) is 5.96. The van der Waals surface area contributed by atoms with E-state index in [1.807, 2.05) is 0 Å². The van der Waals surface area contributed by atoms with E-state index in [1.165, 1.54) is 0 Å². The van der Waals surface area contributed by atoms with Gasteiger partial charge in [0.15, 0.2) is 5.78 Å². The number of hydrogen-bond donors (Lipinski definition) is 2. The van der Waals surface area contributed by atoms with Crippen LogP contribution in [0.5, 0.6) is 0 Å². The van der Waals surface area contributed by atoms with Crippen molar-refractivity contribution in [1.82, 2.24) is 9.97 Å². The van der Waals surface area contributed by atoms with Gasteiger partial charge in [-0.2, -0.15) is 0 Å². The number of thioether (sulfide) groups is 1. The third-order valence-electron chi connectivity index (χ3n) is 2.19. The molecular weight excluding hydrogens is 252 g/mol. The summed E-state index contributed by atoms with van der Waals surface area (Å²) in [6, 6.07) is 1.68. The average molecular weight is 264 g/mol. The van der Waals surface area contributed by atoms with E-state index >= 15 is 0 Å². The van der Waals surface area contributed by atoms with Gasteiger partial charge in [-0.25, -0.2) is 9.97 Å². The Balaban J connectivity index is 2.16. The molecule has 1 aromatic rings. The molecule has 1 fully saturated rings. The summed E-state index contributed by atoms with van der Waals surface area (Å²) in [7, 11) is 0. The zero-order valence-electron chi connectivity index (χ0n) is 9.55. The first kappa shape index (κ1) is 12.7. The summed E-state index contributed by atoms with van der Waals surface area (Å²) in [4.78, 5) is 31.2. The van der Waals surface area contributed by atoms with Crippen LogP contribution in [0.3, 0.4) is 0 Å². The van der Waals surface area contributed by atoms with Crippen molar-refractivity contribution in [2.75, 3.05) is 18.4 Å². The monoisotopic (exact) mass is 264 g/mol. The van der Waals surface area contributed by atoms with Crippen LogP contribution in [-0.4, -0.2) is 34.0 Å². The maximum Gasteiger partial charge on any atom is 0.223 e. The highest BCUT2D eigenvalue weighted by molar-refractivity contribution is 8.18. The molecule has 6 nitrogen and oxygen atoms in total. The van der Waals surface area contributed by atoms with Crippen molar-refractivity contribution in [2.24, 2.45) is 5.73 Å². The molecule has 1 aliphatic rings.